The van der Waals surface area contributed by atoms with Crippen LogP contribution in [0, 0.1) is 31.1 Å². The van der Waals surface area contributed by atoms with Gasteiger partial charge in [-0.2, -0.15) is 5.26 Å². The van der Waals surface area contributed by atoms with E-state index in [4.69, 9.17) is 4.42 Å². The molecule has 0 bridgehead atoms. The summed E-state index contributed by atoms with van der Waals surface area (Å²) in [6.07, 6.45) is 3.20. The number of nitrogens with zero attached hydrogens (tertiary/aromatic N) is 2. The van der Waals surface area contributed by atoms with Crippen molar-refractivity contribution < 1.29 is 8.98 Å². The summed E-state index contributed by atoms with van der Waals surface area (Å²) in [6.45, 7) is 8.82. The first kappa shape index (κ1) is 20.3. The normalized spacial score (nSPS) is 11.7. The summed E-state index contributed by atoms with van der Waals surface area (Å²) in [4.78, 5) is 0. The van der Waals surface area contributed by atoms with Gasteiger partial charge in [-0.15, -0.1) is 0 Å². The molecule has 0 amide bonds. The van der Waals surface area contributed by atoms with Gasteiger partial charge in [-0.3, -0.25) is 0 Å². The summed E-state index contributed by atoms with van der Waals surface area (Å²) in [6, 6.07) is 19.3. The third kappa shape index (κ3) is 3.07. The molecular weight excluding hydrogens is 392 g/mol. The summed E-state index contributed by atoms with van der Waals surface area (Å²) >= 11 is 0. The average Bonchev–Trinajstić information content (AvgIpc) is 3.13. The number of furan rings is 1. The van der Waals surface area contributed by atoms with Gasteiger partial charge in [0.1, 0.15) is 18.7 Å². The molecule has 5 aromatic rings. The molecule has 158 valence electrons. The lowest BCUT2D eigenvalue weighted by Gasteiger charge is -2.12. The number of benzene rings is 3. The van der Waals surface area contributed by atoms with Crippen LogP contribution in [0.1, 0.15) is 36.1 Å². The molecule has 32 heavy (non-hydrogen) atoms. The average molecular weight is 420 g/mol. The fourth-order valence-corrected chi connectivity index (χ4v) is 4.86. The lowest BCUT2D eigenvalue weighted by atomic mass is 9.92. The van der Waals surface area contributed by atoms with Gasteiger partial charge >= 0.3 is 0 Å². The van der Waals surface area contributed by atoms with Crippen LogP contribution in [-0.4, -0.2) is 0 Å². The molecule has 3 aromatic carbocycles. The Morgan fingerprint density at radius 2 is 1.78 bits per heavy atom. The first-order valence-electron chi connectivity index (χ1n) is 11.2. The Balaban J connectivity index is 1.90. The highest BCUT2D eigenvalue weighted by Gasteiger charge is 2.25. The quantitative estimate of drug-likeness (QED) is 0.298. The fraction of sp³-hybridized carbons (Fsp3) is 0.241. The van der Waals surface area contributed by atoms with Crippen molar-refractivity contribution in [3.05, 3.63) is 77.0 Å². The van der Waals surface area contributed by atoms with Crippen molar-refractivity contribution in [1.82, 2.24) is 0 Å². The Bertz CT molecular complexity index is 1560. The zero-order valence-corrected chi connectivity index (χ0v) is 19.3. The molecule has 0 fully saturated rings. The minimum Gasteiger partial charge on any atom is -0.454 e. The molecular formula is C29H27N2O+. The van der Waals surface area contributed by atoms with E-state index in [0.29, 0.717) is 17.1 Å². The number of fused-ring (bicyclic) bond motifs is 4. The van der Waals surface area contributed by atoms with Gasteiger partial charge in [0, 0.05) is 16.8 Å². The molecule has 0 saturated heterocycles. The summed E-state index contributed by atoms with van der Waals surface area (Å²) in [5.74, 6) is 0.621. The maximum Gasteiger partial charge on any atom is 0.224 e. The number of rotatable bonds is 3. The van der Waals surface area contributed by atoms with E-state index >= 15 is 0 Å². The van der Waals surface area contributed by atoms with E-state index in [-0.39, 0.29) is 0 Å². The Labute approximate surface area is 188 Å². The van der Waals surface area contributed by atoms with E-state index in [1.165, 1.54) is 27.5 Å². The van der Waals surface area contributed by atoms with E-state index in [1.807, 2.05) is 18.2 Å². The zero-order chi connectivity index (χ0) is 22.6. The van der Waals surface area contributed by atoms with Gasteiger partial charge < -0.3 is 4.42 Å². The Morgan fingerprint density at radius 1 is 0.969 bits per heavy atom. The van der Waals surface area contributed by atoms with Gasteiger partial charge in [-0.25, -0.2) is 4.57 Å². The maximum absolute atomic E-state index is 9.62. The molecule has 3 nitrogen and oxygen atoms in total. The van der Waals surface area contributed by atoms with E-state index < -0.39 is 0 Å². The first-order valence-corrected chi connectivity index (χ1v) is 11.2. The zero-order valence-electron chi connectivity index (χ0n) is 19.3. The van der Waals surface area contributed by atoms with Crippen molar-refractivity contribution >= 4 is 32.7 Å². The molecule has 0 aliphatic heterocycles. The van der Waals surface area contributed by atoms with Crippen LogP contribution in [0.2, 0.25) is 0 Å². The van der Waals surface area contributed by atoms with Crippen molar-refractivity contribution in [1.29, 1.82) is 5.26 Å². The highest BCUT2D eigenvalue weighted by molar-refractivity contribution is 6.13. The second-order valence-electron chi connectivity index (χ2n) is 9.26. The summed E-state index contributed by atoms with van der Waals surface area (Å²) in [5, 5.41) is 14.1. The van der Waals surface area contributed by atoms with Crippen LogP contribution in [0.25, 0.3) is 44.0 Å². The van der Waals surface area contributed by atoms with E-state index in [0.717, 1.165) is 34.0 Å². The number of hydrogen-bond acceptors (Lipinski definition) is 2. The van der Waals surface area contributed by atoms with Gasteiger partial charge in [0.15, 0.2) is 11.8 Å². The van der Waals surface area contributed by atoms with E-state index in [9.17, 15) is 5.26 Å². The van der Waals surface area contributed by atoms with Crippen molar-refractivity contribution in [3.63, 3.8) is 0 Å². The monoisotopic (exact) mass is 419 g/mol. The largest absolute Gasteiger partial charge is 0.454 e. The van der Waals surface area contributed by atoms with Gasteiger partial charge in [-0.1, -0.05) is 38.1 Å². The second kappa shape index (κ2) is 7.50. The Hall–Kier alpha value is -3.64. The third-order valence-electron chi connectivity index (χ3n) is 6.51. The lowest BCUT2D eigenvalue weighted by Crippen LogP contribution is -2.31. The van der Waals surface area contributed by atoms with Crippen LogP contribution in [0.15, 0.2) is 59.1 Å². The molecule has 0 N–H and O–H groups in total. The number of pyridine rings is 1. The molecule has 2 heterocycles. The topological polar surface area (TPSA) is 40.8 Å². The maximum atomic E-state index is 9.62. The molecule has 0 spiro atoms. The van der Waals surface area contributed by atoms with Crippen LogP contribution < -0.4 is 4.57 Å². The van der Waals surface area contributed by atoms with Gasteiger partial charge in [0.2, 0.25) is 5.69 Å². The minimum atomic E-state index is 0.570. The molecule has 0 radical (unpaired) electrons. The molecule has 2 aromatic heterocycles. The number of aryl methyl sites for hydroxylation is 2. The molecule has 3 heteroatoms. The highest BCUT2D eigenvalue weighted by Crippen LogP contribution is 2.41. The standard InChI is InChI=1S/C29H27N2O/c1-17(2)13-20-9-10-23-21(15-20)11-12-31(5)27(23)26-19(4)18(3)14-25-24-8-6-7-22(16-30)28(24)32-29(25)26/h6-12,14-15,17H,13H2,1-5H3/q+1. The SMILES string of the molecule is Cc1cc2c(oc3c(C#N)cccc32)c(-c2c3ccc(CC(C)C)cc3cc[n+]2C)c1C. The first-order chi connectivity index (χ1) is 15.4. The number of para-hydroxylation sites is 1. The predicted molar refractivity (Wildman–Crippen MR) is 131 cm³/mol. The van der Waals surface area contributed by atoms with Crippen LogP contribution in [0.5, 0.6) is 0 Å². The summed E-state index contributed by atoms with van der Waals surface area (Å²) in [5.41, 5.74) is 8.10. The van der Waals surface area contributed by atoms with Crippen molar-refractivity contribution in [3.8, 4) is 17.3 Å². The van der Waals surface area contributed by atoms with E-state index in [2.05, 4.69) is 81.9 Å². The smallest absolute Gasteiger partial charge is 0.224 e. The molecule has 0 unspecified atom stereocenters. The van der Waals surface area contributed by atoms with Crippen molar-refractivity contribution in [2.75, 3.05) is 0 Å². The third-order valence-corrected chi connectivity index (χ3v) is 6.51. The highest BCUT2D eigenvalue weighted by atomic mass is 16.3. The summed E-state index contributed by atoms with van der Waals surface area (Å²) < 4.78 is 8.62. The van der Waals surface area contributed by atoms with Crippen molar-refractivity contribution in [2.45, 2.75) is 34.1 Å². The fourth-order valence-electron chi connectivity index (χ4n) is 4.86. The lowest BCUT2D eigenvalue weighted by molar-refractivity contribution is -0.659. The van der Waals surface area contributed by atoms with Crippen LogP contribution in [0.3, 0.4) is 0 Å². The van der Waals surface area contributed by atoms with Crippen LogP contribution >= 0.6 is 0 Å². The molecule has 0 atom stereocenters. The van der Waals surface area contributed by atoms with Gasteiger partial charge in [0.25, 0.3) is 0 Å². The van der Waals surface area contributed by atoms with Crippen molar-refractivity contribution in [2.24, 2.45) is 13.0 Å². The number of nitriles is 1. The molecule has 0 saturated carbocycles. The van der Waals surface area contributed by atoms with Gasteiger partial charge in [0.05, 0.1) is 16.5 Å². The summed E-state index contributed by atoms with van der Waals surface area (Å²) in [7, 11) is 2.09. The molecule has 0 aliphatic carbocycles. The van der Waals surface area contributed by atoms with Crippen LogP contribution in [-0.2, 0) is 13.5 Å². The Kier molecular flexibility index (Phi) is 4.75. The predicted octanol–water partition coefficient (Wildman–Crippen LogP) is 6.92. The van der Waals surface area contributed by atoms with Gasteiger partial charge in [-0.05, 0) is 66.5 Å². The number of aromatic nitrogens is 1. The molecule has 5 rings (SSSR count). The Morgan fingerprint density at radius 3 is 2.53 bits per heavy atom. The number of hydrogen-bond donors (Lipinski definition) is 0. The minimum absolute atomic E-state index is 0.570. The van der Waals surface area contributed by atoms with E-state index in [1.54, 1.807) is 0 Å². The van der Waals surface area contributed by atoms with Crippen LogP contribution in [0.4, 0.5) is 0 Å². The molecule has 0 aliphatic rings. The second-order valence-corrected chi connectivity index (χ2v) is 9.26.